The van der Waals surface area contributed by atoms with Gasteiger partial charge in [0.25, 0.3) is 0 Å². The lowest BCUT2D eigenvalue weighted by Crippen LogP contribution is -2.23. The van der Waals surface area contributed by atoms with Crippen molar-refractivity contribution in [1.82, 2.24) is 20.2 Å². The molecule has 1 amide bonds. The summed E-state index contributed by atoms with van der Waals surface area (Å²) in [6.45, 7) is 3.64. The first-order valence-electron chi connectivity index (χ1n) is 9.69. The van der Waals surface area contributed by atoms with Gasteiger partial charge in [0.1, 0.15) is 0 Å². The lowest BCUT2D eigenvalue weighted by Gasteiger charge is -2.20. The number of thioether (sulfide) groups is 1. The van der Waals surface area contributed by atoms with Gasteiger partial charge in [-0.3, -0.25) is 14.8 Å². The molecule has 0 fully saturated rings. The molecule has 0 bridgehead atoms. The average Bonchev–Trinajstić information content (AvgIpc) is 3.43. The largest absolute Gasteiger partial charge is 0.274 e. The molecule has 0 aliphatic heterocycles. The number of nitrogens with zero attached hydrogens (tertiary/aromatic N) is 4. The third-order valence-corrected chi connectivity index (χ3v) is 6.60. The summed E-state index contributed by atoms with van der Waals surface area (Å²) in [5.41, 5.74) is 3.79. The second kappa shape index (κ2) is 9.64. The van der Waals surface area contributed by atoms with Crippen molar-refractivity contribution in [2.75, 3.05) is 4.90 Å². The van der Waals surface area contributed by atoms with Crippen LogP contribution in [0.25, 0.3) is 11.4 Å². The molecule has 6 nitrogen and oxygen atoms in total. The normalized spacial score (nSPS) is 10.9. The zero-order valence-corrected chi connectivity index (χ0v) is 19.4. The lowest BCUT2D eigenvalue weighted by atomic mass is 10.1. The van der Waals surface area contributed by atoms with Gasteiger partial charge >= 0.3 is 0 Å². The van der Waals surface area contributed by atoms with Crippen molar-refractivity contribution in [2.45, 2.75) is 31.2 Å². The number of benzene rings is 2. The number of nitrogens with one attached hydrogen (secondary N) is 1. The number of hydrogen-bond acceptors (Lipinski definition) is 6. The number of aromatic nitrogens is 4. The Bertz CT molecular complexity index is 1190. The minimum atomic E-state index is -0.0592. The number of aryl methyl sites for hydroxylation is 1. The van der Waals surface area contributed by atoms with Crippen molar-refractivity contribution >= 4 is 51.4 Å². The van der Waals surface area contributed by atoms with Gasteiger partial charge in [0, 0.05) is 28.6 Å². The molecule has 0 atom stereocenters. The van der Waals surface area contributed by atoms with Crippen LogP contribution < -0.4 is 4.90 Å². The van der Waals surface area contributed by atoms with E-state index in [1.807, 2.05) is 53.9 Å². The summed E-state index contributed by atoms with van der Waals surface area (Å²) in [7, 11) is 0. The van der Waals surface area contributed by atoms with Crippen LogP contribution >= 0.6 is 34.7 Å². The van der Waals surface area contributed by atoms with E-state index in [2.05, 4.69) is 22.1 Å². The van der Waals surface area contributed by atoms with E-state index in [0.29, 0.717) is 26.9 Å². The molecule has 9 heteroatoms. The van der Waals surface area contributed by atoms with E-state index in [-0.39, 0.29) is 5.91 Å². The molecule has 31 heavy (non-hydrogen) atoms. The molecule has 4 aromatic rings. The van der Waals surface area contributed by atoms with E-state index in [0.717, 1.165) is 28.9 Å². The summed E-state index contributed by atoms with van der Waals surface area (Å²) in [5.74, 6) is 1.24. The van der Waals surface area contributed by atoms with E-state index < -0.39 is 0 Å². The highest BCUT2D eigenvalue weighted by atomic mass is 35.5. The molecule has 158 valence electrons. The Labute approximate surface area is 193 Å². The fraction of sp³-hybridized carbons (Fsp3) is 0.182. The molecule has 0 radical (unpaired) electrons. The third kappa shape index (κ3) is 4.98. The molecule has 0 spiro atoms. The fourth-order valence-corrected chi connectivity index (χ4v) is 4.89. The summed E-state index contributed by atoms with van der Waals surface area (Å²) in [6.07, 6.45) is 0.842. The van der Waals surface area contributed by atoms with Gasteiger partial charge in [0.2, 0.25) is 11.1 Å². The summed E-state index contributed by atoms with van der Waals surface area (Å²) in [5, 5.41) is 11.2. The standard InChI is InChI=1S/C22H20ClN5OS2/c1-3-15-6-4-5-7-19(15)28(14(2)29)22-24-18(13-31-22)12-30-21-25-20(26-27-21)16-8-10-17(23)11-9-16/h4-11,13H,3,12H2,1-2H3,(H,25,26,27). The minimum Gasteiger partial charge on any atom is -0.274 e. The van der Waals surface area contributed by atoms with Gasteiger partial charge in [-0.15, -0.1) is 16.4 Å². The maximum absolute atomic E-state index is 12.4. The quantitative estimate of drug-likeness (QED) is 0.330. The maximum Gasteiger partial charge on any atom is 0.230 e. The summed E-state index contributed by atoms with van der Waals surface area (Å²) in [4.78, 5) is 23.3. The van der Waals surface area contributed by atoms with Gasteiger partial charge in [-0.2, -0.15) is 0 Å². The first kappa shape index (κ1) is 21.5. The highest BCUT2D eigenvalue weighted by molar-refractivity contribution is 7.98. The van der Waals surface area contributed by atoms with Crippen LogP contribution in [0.2, 0.25) is 5.02 Å². The number of thiazole rings is 1. The van der Waals surface area contributed by atoms with Crippen molar-refractivity contribution in [2.24, 2.45) is 0 Å². The van der Waals surface area contributed by atoms with Crippen LogP contribution in [0.1, 0.15) is 25.1 Å². The fourth-order valence-electron chi connectivity index (χ4n) is 3.09. The molecule has 2 aromatic carbocycles. The highest BCUT2D eigenvalue weighted by Gasteiger charge is 2.20. The van der Waals surface area contributed by atoms with Gasteiger partial charge in [0.05, 0.1) is 11.4 Å². The molecule has 0 saturated carbocycles. The van der Waals surface area contributed by atoms with Crippen LogP contribution in [0.4, 0.5) is 10.8 Å². The number of carbonyl (C=O) groups excluding carboxylic acids is 1. The molecule has 0 aliphatic rings. The zero-order chi connectivity index (χ0) is 21.8. The van der Waals surface area contributed by atoms with Crippen molar-refractivity contribution in [1.29, 1.82) is 0 Å². The average molecular weight is 470 g/mol. The highest BCUT2D eigenvalue weighted by Crippen LogP contribution is 2.33. The molecule has 0 aliphatic carbocycles. The monoisotopic (exact) mass is 469 g/mol. The second-order valence-electron chi connectivity index (χ2n) is 6.72. The van der Waals surface area contributed by atoms with Crippen LogP contribution in [0.3, 0.4) is 0 Å². The molecule has 0 saturated heterocycles. The Kier molecular flexibility index (Phi) is 6.70. The number of amides is 1. The Morgan fingerprint density at radius 1 is 1.16 bits per heavy atom. The number of hydrogen-bond donors (Lipinski definition) is 1. The number of rotatable bonds is 7. The number of para-hydroxylation sites is 1. The number of carbonyl (C=O) groups is 1. The van der Waals surface area contributed by atoms with Crippen LogP contribution in [-0.4, -0.2) is 26.1 Å². The first-order chi connectivity index (χ1) is 15.0. The summed E-state index contributed by atoms with van der Waals surface area (Å²) in [6, 6.07) is 15.4. The van der Waals surface area contributed by atoms with E-state index in [9.17, 15) is 4.79 Å². The van der Waals surface area contributed by atoms with Crippen molar-refractivity contribution in [3.63, 3.8) is 0 Å². The topological polar surface area (TPSA) is 74.8 Å². The maximum atomic E-state index is 12.4. The van der Waals surface area contributed by atoms with Gasteiger partial charge in [-0.05, 0) is 42.3 Å². The number of H-pyrrole nitrogens is 1. The summed E-state index contributed by atoms with van der Waals surface area (Å²) < 4.78 is 0. The van der Waals surface area contributed by atoms with Crippen LogP contribution in [-0.2, 0) is 17.0 Å². The van der Waals surface area contributed by atoms with Crippen molar-refractivity contribution in [3.05, 3.63) is 70.2 Å². The number of aromatic amines is 1. The number of halogens is 1. The molecule has 1 N–H and O–H groups in total. The van der Waals surface area contributed by atoms with E-state index in [4.69, 9.17) is 16.6 Å². The van der Waals surface area contributed by atoms with Crippen molar-refractivity contribution < 1.29 is 4.79 Å². The molecule has 2 heterocycles. The van der Waals surface area contributed by atoms with Gasteiger partial charge in [0.15, 0.2) is 11.0 Å². The Balaban J connectivity index is 1.47. The second-order valence-corrected chi connectivity index (χ2v) is 8.94. The van der Waals surface area contributed by atoms with Gasteiger partial charge in [-0.1, -0.05) is 48.5 Å². The smallest absolute Gasteiger partial charge is 0.230 e. The number of anilines is 2. The van der Waals surface area contributed by atoms with Crippen LogP contribution in [0, 0.1) is 0 Å². The molecule has 2 aromatic heterocycles. The van der Waals surface area contributed by atoms with Crippen molar-refractivity contribution in [3.8, 4) is 11.4 Å². The molecular weight excluding hydrogens is 450 g/mol. The molecule has 0 unspecified atom stereocenters. The Hall–Kier alpha value is -2.68. The first-order valence-corrected chi connectivity index (χ1v) is 11.9. The van der Waals surface area contributed by atoms with E-state index in [1.54, 1.807) is 11.8 Å². The Morgan fingerprint density at radius 2 is 1.94 bits per heavy atom. The lowest BCUT2D eigenvalue weighted by molar-refractivity contribution is -0.115. The van der Waals surface area contributed by atoms with Crippen LogP contribution in [0.15, 0.2) is 59.1 Å². The van der Waals surface area contributed by atoms with Gasteiger partial charge < -0.3 is 0 Å². The predicted octanol–water partition coefficient (Wildman–Crippen LogP) is 6.12. The molecular formula is C22H20ClN5OS2. The van der Waals surface area contributed by atoms with E-state index in [1.165, 1.54) is 23.1 Å². The summed E-state index contributed by atoms with van der Waals surface area (Å²) >= 11 is 8.89. The van der Waals surface area contributed by atoms with Gasteiger partial charge in [-0.25, -0.2) is 9.97 Å². The molecule has 4 rings (SSSR count). The van der Waals surface area contributed by atoms with E-state index >= 15 is 0 Å². The third-order valence-electron chi connectivity index (χ3n) is 4.59. The zero-order valence-electron chi connectivity index (χ0n) is 17.0. The predicted molar refractivity (Wildman–Crippen MR) is 127 cm³/mol. The SMILES string of the molecule is CCc1ccccc1N(C(C)=O)c1nc(CSc2n[nH]c(-c3ccc(Cl)cc3)n2)cs1. The Morgan fingerprint density at radius 3 is 2.68 bits per heavy atom. The minimum absolute atomic E-state index is 0.0592. The van der Waals surface area contributed by atoms with Crippen LogP contribution in [0.5, 0.6) is 0 Å².